The summed E-state index contributed by atoms with van der Waals surface area (Å²) in [6, 6.07) is 6.84. The summed E-state index contributed by atoms with van der Waals surface area (Å²) < 4.78 is 14.7. The normalized spacial score (nSPS) is 12.6. The number of rotatable bonds is 6. The van der Waals surface area contributed by atoms with Gasteiger partial charge in [0.05, 0.1) is 12.7 Å². The first-order valence-electron chi connectivity index (χ1n) is 6.69. The van der Waals surface area contributed by atoms with Crippen LogP contribution in [0.15, 0.2) is 36.7 Å². The minimum absolute atomic E-state index is 0.206. The van der Waals surface area contributed by atoms with Crippen molar-refractivity contribution in [2.45, 2.75) is 32.9 Å². The molecule has 1 N–H and O–H groups in total. The molecular weight excluding hydrogens is 241 g/mol. The second kappa shape index (κ2) is 6.48. The van der Waals surface area contributed by atoms with Gasteiger partial charge in [-0.05, 0) is 37.6 Å². The van der Waals surface area contributed by atoms with E-state index in [0.29, 0.717) is 12.6 Å². The fourth-order valence-corrected chi connectivity index (χ4v) is 1.95. The van der Waals surface area contributed by atoms with E-state index in [1.54, 1.807) is 12.1 Å². The van der Waals surface area contributed by atoms with Gasteiger partial charge in [0, 0.05) is 17.8 Å². The topological polar surface area (TPSA) is 29.9 Å². The minimum atomic E-state index is -0.206. The molecule has 0 saturated heterocycles. The van der Waals surface area contributed by atoms with Crippen molar-refractivity contribution in [1.82, 2.24) is 15.1 Å². The molecule has 0 radical (unpaired) electrons. The van der Waals surface area contributed by atoms with Crippen molar-refractivity contribution in [3.63, 3.8) is 0 Å². The van der Waals surface area contributed by atoms with Crippen molar-refractivity contribution >= 4 is 0 Å². The van der Waals surface area contributed by atoms with Crippen LogP contribution in [0.3, 0.4) is 0 Å². The Kier molecular flexibility index (Phi) is 4.68. The Hall–Kier alpha value is -1.68. The number of hydrogen-bond acceptors (Lipinski definition) is 2. The Morgan fingerprint density at radius 1 is 1.32 bits per heavy atom. The number of nitrogens with zero attached hydrogens (tertiary/aromatic N) is 2. The maximum absolute atomic E-state index is 12.8. The highest BCUT2D eigenvalue weighted by atomic mass is 19.1. The molecule has 19 heavy (non-hydrogen) atoms. The SMILES string of the molecule is CCCNC(C)c1cnn(Cc2ccc(F)cc2)c1. The van der Waals surface area contributed by atoms with Crippen LogP contribution >= 0.6 is 0 Å². The number of aromatic nitrogens is 2. The highest BCUT2D eigenvalue weighted by Crippen LogP contribution is 2.12. The van der Waals surface area contributed by atoms with Crippen LogP contribution in [0, 0.1) is 5.82 Å². The maximum atomic E-state index is 12.8. The molecule has 0 bridgehead atoms. The largest absolute Gasteiger partial charge is 0.310 e. The van der Waals surface area contributed by atoms with Gasteiger partial charge in [-0.15, -0.1) is 0 Å². The third kappa shape index (κ3) is 3.89. The maximum Gasteiger partial charge on any atom is 0.123 e. The molecule has 1 aromatic heterocycles. The molecule has 1 atom stereocenters. The first-order chi connectivity index (χ1) is 9.19. The summed E-state index contributed by atoms with van der Waals surface area (Å²) >= 11 is 0. The van der Waals surface area contributed by atoms with Crippen LogP contribution in [0.5, 0.6) is 0 Å². The molecule has 2 rings (SSSR count). The quantitative estimate of drug-likeness (QED) is 0.865. The molecular formula is C15H20FN3. The second-order valence-corrected chi connectivity index (χ2v) is 4.77. The van der Waals surface area contributed by atoms with Gasteiger partial charge in [0.25, 0.3) is 0 Å². The van der Waals surface area contributed by atoms with Crippen LogP contribution in [0.1, 0.15) is 37.4 Å². The Morgan fingerprint density at radius 2 is 2.05 bits per heavy atom. The molecule has 2 aromatic rings. The smallest absolute Gasteiger partial charge is 0.123 e. The number of halogens is 1. The van der Waals surface area contributed by atoms with Gasteiger partial charge in [0.2, 0.25) is 0 Å². The van der Waals surface area contributed by atoms with Crippen LogP contribution in [-0.2, 0) is 6.54 Å². The van der Waals surface area contributed by atoms with Gasteiger partial charge in [0.15, 0.2) is 0 Å². The van der Waals surface area contributed by atoms with Crippen LogP contribution in [0.2, 0.25) is 0 Å². The summed E-state index contributed by atoms with van der Waals surface area (Å²) in [7, 11) is 0. The van der Waals surface area contributed by atoms with E-state index in [-0.39, 0.29) is 5.82 Å². The number of benzene rings is 1. The summed E-state index contributed by atoms with van der Waals surface area (Å²) in [5.41, 5.74) is 2.22. The lowest BCUT2D eigenvalue weighted by Gasteiger charge is -2.10. The van der Waals surface area contributed by atoms with E-state index in [2.05, 4.69) is 24.3 Å². The van der Waals surface area contributed by atoms with E-state index in [0.717, 1.165) is 18.5 Å². The molecule has 0 fully saturated rings. The Labute approximate surface area is 113 Å². The van der Waals surface area contributed by atoms with Crippen LogP contribution in [0.4, 0.5) is 4.39 Å². The minimum Gasteiger partial charge on any atom is -0.310 e. The van der Waals surface area contributed by atoms with E-state index in [1.165, 1.54) is 17.7 Å². The lowest BCUT2D eigenvalue weighted by Crippen LogP contribution is -2.18. The third-order valence-electron chi connectivity index (χ3n) is 3.11. The summed E-state index contributed by atoms with van der Waals surface area (Å²) in [5, 5.41) is 7.78. The highest BCUT2D eigenvalue weighted by Gasteiger charge is 2.07. The van der Waals surface area contributed by atoms with Crippen molar-refractivity contribution in [3.8, 4) is 0 Å². The molecule has 4 heteroatoms. The van der Waals surface area contributed by atoms with E-state index >= 15 is 0 Å². The van der Waals surface area contributed by atoms with Gasteiger partial charge in [-0.3, -0.25) is 4.68 Å². The van der Waals surface area contributed by atoms with Gasteiger partial charge >= 0.3 is 0 Å². The highest BCUT2D eigenvalue weighted by molar-refractivity contribution is 5.17. The first-order valence-corrected chi connectivity index (χ1v) is 6.69. The molecule has 0 aliphatic rings. The van der Waals surface area contributed by atoms with Gasteiger partial charge in [-0.2, -0.15) is 5.10 Å². The van der Waals surface area contributed by atoms with E-state index in [1.807, 2.05) is 17.1 Å². The summed E-state index contributed by atoms with van der Waals surface area (Å²) in [4.78, 5) is 0. The average Bonchev–Trinajstić information content (AvgIpc) is 2.87. The fourth-order valence-electron chi connectivity index (χ4n) is 1.95. The van der Waals surface area contributed by atoms with Crippen molar-refractivity contribution in [2.75, 3.05) is 6.54 Å². The second-order valence-electron chi connectivity index (χ2n) is 4.77. The summed E-state index contributed by atoms with van der Waals surface area (Å²) in [6.45, 7) is 5.96. The molecule has 0 saturated carbocycles. The third-order valence-corrected chi connectivity index (χ3v) is 3.11. The Morgan fingerprint density at radius 3 is 2.74 bits per heavy atom. The zero-order valence-electron chi connectivity index (χ0n) is 11.4. The van der Waals surface area contributed by atoms with Crippen molar-refractivity contribution < 1.29 is 4.39 Å². The molecule has 102 valence electrons. The number of hydrogen-bond donors (Lipinski definition) is 1. The monoisotopic (exact) mass is 261 g/mol. The molecule has 0 aliphatic heterocycles. The van der Waals surface area contributed by atoms with Crippen LogP contribution in [0.25, 0.3) is 0 Å². The molecule has 0 aliphatic carbocycles. The Balaban J connectivity index is 1.98. The lowest BCUT2D eigenvalue weighted by molar-refractivity contribution is 0.569. The van der Waals surface area contributed by atoms with Gasteiger partial charge in [-0.1, -0.05) is 19.1 Å². The Bertz CT molecular complexity index is 504. The summed E-state index contributed by atoms with van der Waals surface area (Å²) in [6.07, 6.45) is 5.04. The van der Waals surface area contributed by atoms with E-state index in [9.17, 15) is 4.39 Å². The molecule has 3 nitrogen and oxygen atoms in total. The standard InChI is InChI=1S/C15H20FN3/c1-3-8-17-12(2)14-9-18-19(11-14)10-13-4-6-15(16)7-5-13/h4-7,9,11-12,17H,3,8,10H2,1-2H3. The first kappa shape index (κ1) is 13.7. The van der Waals surface area contributed by atoms with Crippen molar-refractivity contribution in [1.29, 1.82) is 0 Å². The molecule has 0 amide bonds. The predicted octanol–water partition coefficient (Wildman–Crippen LogP) is 3.13. The van der Waals surface area contributed by atoms with Crippen LogP contribution in [-0.4, -0.2) is 16.3 Å². The zero-order valence-corrected chi connectivity index (χ0v) is 11.4. The van der Waals surface area contributed by atoms with E-state index in [4.69, 9.17) is 0 Å². The van der Waals surface area contributed by atoms with Crippen LogP contribution < -0.4 is 5.32 Å². The molecule has 1 aromatic carbocycles. The molecule has 1 heterocycles. The average molecular weight is 261 g/mol. The molecule has 1 unspecified atom stereocenters. The predicted molar refractivity (Wildman–Crippen MR) is 74.4 cm³/mol. The van der Waals surface area contributed by atoms with Crippen molar-refractivity contribution in [2.24, 2.45) is 0 Å². The van der Waals surface area contributed by atoms with Gasteiger partial charge in [0.1, 0.15) is 5.82 Å². The van der Waals surface area contributed by atoms with E-state index < -0.39 is 0 Å². The number of nitrogens with one attached hydrogen (secondary N) is 1. The zero-order chi connectivity index (χ0) is 13.7. The lowest BCUT2D eigenvalue weighted by atomic mass is 10.2. The van der Waals surface area contributed by atoms with Crippen molar-refractivity contribution in [3.05, 3.63) is 53.6 Å². The fraction of sp³-hybridized carbons (Fsp3) is 0.400. The summed E-state index contributed by atoms with van der Waals surface area (Å²) in [5.74, 6) is -0.206. The van der Waals surface area contributed by atoms with Gasteiger partial charge in [-0.25, -0.2) is 4.39 Å². The molecule has 0 spiro atoms. The van der Waals surface area contributed by atoms with Gasteiger partial charge < -0.3 is 5.32 Å².